The first-order valence-electron chi connectivity index (χ1n) is 13.7. The van der Waals surface area contributed by atoms with Crippen LogP contribution in [0.4, 0.5) is 5.69 Å². The summed E-state index contributed by atoms with van der Waals surface area (Å²) in [5, 5.41) is 0.608. The van der Waals surface area contributed by atoms with Crippen LogP contribution in [-0.2, 0) is 20.9 Å². The Morgan fingerprint density at radius 1 is 1.02 bits per heavy atom. The molecular weight excluding hydrogens is 586 g/mol. The molecule has 0 saturated heterocycles. The number of ether oxygens (including phenoxy) is 2. The van der Waals surface area contributed by atoms with Gasteiger partial charge in [0.05, 0.1) is 48.3 Å². The summed E-state index contributed by atoms with van der Waals surface area (Å²) in [6.45, 7) is 5.59. The SMILES string of the molecule is COc1ccc([C@@H]2C(C(=O)OC(C)C)=C(C)N=c3s/c(=C4\C(=O)N(Cc5ccc(Cl)cc5)c5ccccc54)c(=O)n32)cc1. The number of allylic oxidation sites excluding steroid dienone is 1. The van der Waals surface area contributed by atoms with Crippen molar-refractivity contribution in [3.05, 3.63) is 125 Å². The van der Waals surface area contributed by atoms with Gasteiger partial charge in [-0.25, -0.2) is 9.79 Å². The molecule has 0 spiro atoms. The quantitative estimate of drug-likeness (QED) is 0.292. The highest BCUT2D eigenvalue weighted by Gasteiger charge is 2.37. The number of carbonyl (C=O) groups is 2. The topological polar surface area (TPSA) is 90.2 Å². The van der Waals surface area contributed by atoms with Gasteiger partial charge in [0.15, 0.2) is 4.80 Å². The fraction of sp³-hybridized carbons (Fsp3) is 0.212. The van der Waals surface area contributed by atoms with Gasteiger partial charge in [0.2, 0.25) is 0 Å². The van der Waals surface area contributed by atoms with Gasteiger partial charge in [-0.1, -0.05) is 65.4 Å². The molecule has 2 aliphatic rings. The van der Waals surface area contributed by atoms with Crippen LogP contribution in [-0.4, -0.2) is 29.7 Å². The fourth-order valence-electron chi connectivity index (χ4n) is 5.44. The van der Waals surface area contributed by atoms with E-state index in [-0.39, 0.29) is 22.1 Å². The second kappa shape index (κ2) is 11.3. The minimum absolute atomic E-state index is 0.264. The van der Waals surface area contributed by atoms with Crippen LogP contribution in [0.2, 0.25) is 5.02 Å². The number of hydrogen-bond acceptors (Lipinski definition) is 7. The number of halogens is 1. The molecule has 1 atom stereocenters. The predicted molar refractivity (Wildman–Crippen MR) is 166 cm³/mol. The first-order chi connectivity index (χ1) is 20.7. The lowest BCUT2D eigenvalue weighted by Crippen LogP contribution is -2.41. The molecule has 0 saturated carbocycles. The molecule has 43 heavy (non-hydrogen) atoms. The van der Waals surface area contributed by atoms with Gasteiger partial charge >= 0.3 is 5.97 Å². The number of carbonyl (C=O) groups excluding carboxylic acids is 2. The van der Waals surface area contributed by atoms with E-state index in [2.05, 4.69) is 4.99 Å². The number of benzene rings is 3. The number of anilines is 1. The number of esters is 1. The van der Waals surface area contributed by atoms with Gasteiger partial charge in [-0.2, -0.15) is 0 Å². The molecule has 0 bridgehead atoms. The van der Waals surface area contributed by atoms with Crippen molar-refractivity contribution in [1.82, 2.24) is 4.57 Å². The number of amides is 1. The van der Waals surface area contributed by atoms with Crippen molar-refractivity contribution in [3.8, 4) is 5.75 Å². The van der Waals surface area contributed by atoms with Gasteiger partial charge in [-0.15, -0.1) is 0 Å². The second-order valence-corrected chi connectivity index (χ2v) is 12.0. The highest BCUT2D eigenvalue weighted by Crippen LogP contribution is 2.37. The minimum Gasteiger partial charge on any atom is -0.497 e. The third-order valence-electron chi connectivity index (χ3n) is 7.40. The first-order valence-corrected chi connectivity index (χ1v) is 14.9. The van der Waals surface area contributed by atoms with Crippen molar-refractivity contribution in [2.75, 3.05) is 12.0 Å². The van der Waals surface area contributed by atoms with Crippen LogP contribution in [0.3, 0.4) is 0 Å². The molecule has 0 unspecified atom stereocenters. The Kier molecular flexibility index (Phi) is 7.54. The molecule has 10 heteroatoms. The standard InChI is InChI=1S/C33H28ClN3O5S/c1-18(2)42-32(40)26-19(3)35-33-37(28(26)21-11-15-23(41-4)16-12-21)31(39)29(43-33)27-24-7-5-6-8-25(24)36(30(27)38)17-20-9-13-22(34)14-10-20/h5-16,18,28H,17H2,1-4H3/b29-27-/t28-/m1/s1. The van der Waals surface area contributed by atoms with Crippen molar-refractivity contribution in [2.45, 2.75) is 39.5 Å². The smallest absolute Gasteiger partial charge is 0.338 e. The summed E-state index contributed by atoms with van der Waals surface area (Å²) in [4.78, 5) is 48.6. The molecule has 6 rings (SSSR count). The van der Waals surface area contributed by atoms with Crippen molar-refractivity contribution >= 4 is 46.1 Å². The molecule has 4 aromatic rings. The zero-order valence-corrected chi connectivity index (χ0v) is 25.5. The molecular formula is C33H28ClN3O5S. The summed E-state index contributed by atoms with van der Waals surface area (Å²) < 4.78 is 12.7. The van der Waals surface area contributed by atoms with E-state index in [1.165, 1.54) is 4.57 Å². The van der Waals surface area contributed by atoms with Gasteiger partial charge in [0, 0.05) is 10.6 Å². The normalized spacial score (nSPS) is 17.1. The molecule has 0 N–H and O–H groups in total. The first kappa shape index (κ1) is 28.6. The molecule has 3 heterocycles. The summed E-state index contributed by atoms with van der Waals surface area (Å²) in [5.74, 6) is -0.191. The summed E-state index contributed by atoms with van der Waals surface area (Å²) in [6, 6.07) is 21.1. The summed E-state index contributed by atoms with van der Waals surface area (Å²) in [6.07, 6.45) is -0.365. The summed E-state index contributed by atoms with van der Waals surface area (Å²) in [5.41, 5.74) is 3.60. The molecule has 0 aliphatic carbocycles. The van der Waals surface area contributed by atoms with Gasteiger partial charge in [-0.3, -0.25) is 14.2 Å². The third-order valence-corrected chi connectivity index (χ3v) is 8.70. The van der Waals surface area contributed by atoms with Gasteiger partial charge in [0.25, 0.3) is 11.5 Å². The number of fused-ring (bicyclic) bond motifs is 2. The number of rotatable bonds is 6. The Bertz CT molecular complexity index is 1970. The zero-order valence-electron chi connectivity index (χ0n) is 24.0. The van der Waals surface area contributed by atoms with Crippen LogP contribution < -0.4 is 24.5 Å². The maximum atomic E-state index is 14.4. The van der Waals surface area contributed by atoms with Gasteiger partial charge in [-0.05, 0) is 62.2 Å². The fourth-order valence-corrected chi connectivity index (χ4v) is 6.70. The number of nitrogens with zero attached hydrogens (tertiary/aromatic N) is 3. The average Bonchev–Trinajstić information content (AvgIpc) is 3.45. The van der Waals surface area contributed by atoms with E-state index in [4.69, 9.17) is 21.1 Å². The highest BCUT2D eigenvalue weighted by atomic mass is 35.5. The Hall–Kier alpha value is -4.47. The Morgan fingerprint density at radius 3 is 2.40 bits per heavy atom. The minimum atomic E-state index is -0.806. The number of aromatic nitrogens is 1. The van der Waals surface area contributed by atoms with E-state index in [0.717, 1.165) is 16.9 Å². The lowest BCUT2D eigenvalue weighted by molar-refractivity contribution is -0.143. The Morgan fingerprint density at radius 2 is 1.72 bits per heavy atom. The molecule has 218 valence electrons. The van der Waals surface area contributed by atoms with Crippen LogP contribution in [0.5, 0.6) is 5.75 Å². The lowest BCUT2D eigenvalue weighted by Gasteiger charge is -2.25. The maximum Gasteiger partial charge on any atom is 0.338 e. The van der Waals surface area contributed by atoms with E-state index >= 15 is 0 Å². The van der Waals surface area contributed by atoms with Gasteiger partial charge in [0.1, 0.15) is 10.3 Å². The van der Waals surface area contributed by atoms with Crippen LogP contribution in [0.15, 0.2) is 93.9 Å². The maximum absolute atomic E-state index is 14.4. The van der Waals surface area contributed by atoms with Crippen molar-refractivity contribution in [1.29, 1.82) is 0 Å². The summed E-state index contributed by atoms with van der Waals surface area (Å²) in [7, 11) is 1.57. The van der Waals surface area contributed by atoms with E-state index in [9.17, 15) is 14.4 Å². The van der Waals surface area contributed by atoms with E-state index in [0.29, 0.717) is 50.2 Å². The van der Waals surface area contributed by atoms with Crippen LogP contribution in [0.1, 0.15) is 43.5 Å². The van der Waals surface area contributed by atoms with E-state index in [1.54, 1.807) is 57.0 Å². The van der Waals surface area contributed by atoms with Crippen LogP contribution >= 0.6 is 22.9 Å². The molecule has 0 radical (unpaired) electrons. The Labute approximate surface area is 256 Å². The molecule has 1 aromatic heterocycles. The number of para-hydroxylation sites is 1. The van der Waals surface area contributed by atoms with Crippen molar-refractivity contribution in [3.63, 3.8) is 0 Å². The highest BCUT2D eigenvalue weighted by molar-refractivity contribution is 7.07. The van der Waals surface area contributed by atoms with Gasteiger partial charge < -0.3 is 14.4 Å². The van der Waals surface area contributed by atoms with Crippen LogP contribution in [0, 0.1) is 0 Å². The third kappa shape index (κ3) is 5.08. The molecule has 1 amide bonds. The van der Waals surface area contributed by atoms with E-state index in [1.807, 2.05) is 48.5 Å². The summed E-state index contributed by atoms with van der Waals surface area (Å²) >= 11 is 7.22. The van der Waals surface area contributed by atoms with Crippen LogP contribution in [0.25, 0.3) is 5.57 Å². The largest absolute Gasteiger partial charge is 0.497 e. The molecule has 0 fully saturated rings. The molecule has 2 aliphatic heterocycles. The number of thiazole rings is 1. The number of hydrogen-bond donors (Lipinski definition) is 0. The Balaban J connectivity index is 1.55. The lowest BCUT2D eigenvalue weighted by atomic mass is 9.95. The van der Waals surface area contributed by atoms with Crippen molar-refractivity contribution < 1.29 is 19.1 Å². The van der Waals surface area contributed by atoms with Crippen molar-refractivity contribution in [2.24, 2.45) is 4.99 Å². The zero-order chi connectivity index (χ0) is 30.4. The molecule has 8 nitrogen and oxygen atoms in total. The number of methoxy groups -OCH3 is 1. The second-order valence-electron chi connectivity index (χ2n) is 10.5. The van der Waals surface area contributed by atoms with E-state index < -0.39 is 17.6 Å². The molecule has 3 aromatic carbocycles. The predicted octanol–water partition coefficient (Wildman–Crippen LogP) is 4.77. The monoisotopic (exact) mass is 613 g/mol. The average molecular weight is 614 g/mol.